The highest BCUT2D eigenvalue weighted by Gasteiger charge is 2.29. The van der Waals surface area contributed by atoms with E-state index < -0.39 is 0 Å². The van der Waals surface area contributed by atoms with Crippen LogP contribution in [0.5, 0.6) is 0 Å². The zero-order valence-electron chi connectivity index (χ0n) is 11.2. The Kier molecular flexibility index (Phi) is 3.71. The van der Waals surface area contributed by atoms with Gasteiger partial charge in [0.2, 0.25) is 11.8 Å². The van der Waals surface area contributed by atoms with E-state index in [1.54, 1.807) is 18.4 Å². The van der Waals surface area contributed by atoms with Crippen LogP contribution in [-0.2, 0) is 9.59 Å². The van der Waals surface area contributed by atoms with E-state index in [0.29, 0.717) is 5.56 Å². The van der Waals surface area contributed by atoms with Gasteiger partial charge in [-0.25, -0.2) is 0 Å². The molecule has 0 bridgehead atoms. The molecule has 1 aliphatic rings. The summed E-state index contributed by atoms with van der Waals surface area (Å²) in [5.41, 5.74) is 0.654. The Morgan fingerprint density at radius 2 is 1.95 bits per heavy atom. The van der Waals surface area contributed by atoms with Crippen molar-refractivity contribution in [3.05, 3.63) is 21.4 Å². The second-order valence-corrected chi connectivity index (χ2v) is 6.21. The molecule has 5 nitrogen and oxygen atoms in total. The molecule has 19 heavy (non-hydrogen) atoms. The lowest BCUT2D eigenvalue weighted by atomic mass is 10.1. The third kappa shape index (κ3) is 2.84. The number of ketones is 1. The van der Waals surface area contributed by atoms with E-state index in [-0.39, 0.29) is 37.2 Å². The molecule has 1 aromatic heterocycles. The summed E-state index contributed by atoms with van der Waals surface area (Å²) < 4.78 is 0. The van der Waals surface area contributed by atoms with Gasteiger partial charge in [0.25, 0.3) is 0 Å². The van der Waals surface area contributed by atoms with Crippen LogP contribution in [0.25, 0.3) is 0 Å². The van der Waals surface area contributed by atoms with E-state index in [2.05, 4.69) is 0 Å². The first-order valence-electron chi connectivity index (χ1n) is 6.00. The van der Waals surface area contributed by atoms with Gasteiger partial charge in [-0.3, -0.25) is 14.4 Å². The number of amides is 2. The van der Waals surface area contributed by atoms with Gasteiger partial charge in [-0.1, -0.05) is 0 Å². The average Bonchev–Trinajstić information content (AvgIpc) is 2.65. The third-order valence-electron chi connectivity index (χ3n) is 3.15. The number of hydrogen-bond acceptors (Lipinski definition) is 4. The quantitative estimate of drug-likeness (QED) is 0.771. The molecule has 1 aromatic rings. The molecule has 2 amide bonds. The maximum absolute atomic E-state index is 12.2. The molecule has 0 atom stereocenters. The molecule has 1 saturated heterocycles. The Morgan fingerprint density at radius 1 is 1.26 bits per heavy atom. The summed E-state index contributed by atoms with van der Waals surface area (Å²) in [4.78, 5) is 40.3. The number of piperazine rings is 1. The van der Waals surface area contributed by atoms with Gasteiger partial charge in [-0.15, -0.1) is 11.3 Å². The first-order valence-corrected chi connectivity index (χ1v) is 6.82. The van der Waals surface area contributed by atoms with E-state index in [1.807, 2.05) is 19.9 Å². The number of hydrogen-bond donors (Lipinski definition) is 0. The number of likely N-dealkylation sites (N-methyl/N-ethyl adjacent to an activating group) is 1. The maximum Gasteiger partial charge on any atom is 0.243 e. The molecule has 0 N–H and O–H groups in total. The fourth-order valence-electron chi connectivity index (χ4n) is 2.07. The zero-order chi connectivity index (χ0) is 14.2. The Balaban J connectivity index is 2.09. The summed E-state index contributed by atoms with van der Waals surface area (Å²) in [7, 11) is 1.59. The molecule has 0 unspecified atom stereocenters. The SMILES string of the molecule is Cc1cc(C(=O)CN2CC(=O)N(C)CC2=O)c(C)s1. The molecule has 2 rings (SSSR count). The molecule has 2 heterocycles. The van der Waals surface area contributed by atoms with Crippen molar-refractivity contribution in [3.8, 4) is 0 Å². The summed E-state index contributed by atoms with van der Waals surface area (Å²) in [6.45, 7) is 3.85. The van der Waals surface area contributed by atoms with Crippen LogP contribution in [-0.4, -0.2) is 54.1 Å². The second-order valence-electron chi connectivity index (χ2n) is 4.75. The minimum absolute atomic E-state index is 0.0107. The Morgan fingerprint density at radius 3 is 2.53 bits per heavy atom. The first-order chi connectivity index (χ1) is 8.88. The molecule has 6 heteroatoms. The largest absolute Gasteiger partial charge is 0.335 e. The van der Waals surface area contributed by atoms with E-state index >= 15 is 0 Å². The van der Waals surface area contributed by atoms with Gasteiger partial charge >= 0.3 is 0 Å². The number of carbonyl (C=O) groups is 3. The number of aryl methyl sites for hydroxylation is 2. The molecule has 0 spiro atoms. The number of carbonyl (C=O) groups excluding carboxylic acids is 3. The molecule has 1 fully saturated rings. The summed E-state index contributed by atoms with van der Waals surface area (Å²) in [6, 6.07) is 1.84. The van der Waals surface area contributed by atoms with Crippen molar-refractivity contribution in [2.75, 3.05) is 26.7 Å². The molecule has 102 valence electrons. The maximum atomic E-state index is 12.2. The van der Waals surface area contributed by atoms with Crippen molar-refractivity contribution < 1.29 is 14.4 Å². The van der Waals surface area contributed by atoms with Gasteiger partial charge in [0, 0.05) is 22.4 Å². The predicted molar refractivity (Wildman–Crippen MR) is 72.3 cm³/mol. The van der Waals surface area contributed by atoms with Gasteiger partial charge in [0.05, 0.1) is 13.1 Å². The van der Waals surface area contributed by atoms with E-state index in [9.17, 15) is 14.4 Å². The van der Waals surface area contributed by atoms with Crippen molar-refractivity contribution in [2.45, 2.75) is 13.8 Å². The molecule has 0 aliphatic carbocycles. The van der Waals surface area contributed by atoms with E-state index in [4.69, 9.17) is 0 Å². The summed E-state index contributed by atoms with van der Waals surface area (Å²) in [5, 5.41) is 0. The molecule has 0 radical (unpaired) electrons. The molecule has 0 aromatic carbocycles. The fraction of sp³-hybridized carbons (Fsp3) is 0.462. The molecule has 1 aliphatic heterocycles. The fourth-order valence-corrected chi connectivity index (χ4v) is 3.02. The monoisotopic (exact) mass is 280 g/mol. The van der Waals surface area contributed by atoms with Crippen molar-refractivity contribution in [1.29, 1.82) is 0 Å². The zero-order valence-corrected chi connectivity index (χ0v) is 12.0. The summed E-state index contributed by atoms with van der Waals surface area (Å²) in [5.74, 6) is -0.418. The Bertz CT molecular complexity index is 550. The third-order valence-corrected chi connectivity index (χ3v) is 4.12. The van der Waals surface area contributed by atoms with Crippen LogP contribution < -0.4 is 0 Å². The topological polar surface area (TPSA) is 57.7 Å². The number of Topliss-reactive ketones (excluding diaryl/α,β-unsaturated/α-hetero) is 1. The number of rotatable bonds is 3. The van der Waals surface area contributed by atoms with Crippen molar-refractivity contribution >= 4 is 28.9 Å². The van der Waals surface area contributed by atoms with Gasteiger partial charge in [-0.05, 0) is 19.9 Å². The Labute approximate surface area is 115 Å². The van der Waals surface area contributed by atoms with Gasteiger partial charge < -0.3 is 9.80 Å². The van der Waals surface area contributed by atoms with Crippen LogP contribution in [0.4, 0.5) is 0 Å². The van der Waals surface area contributed by atoms with Crippen molar-refractivity contribution in [2.24, 2.45) is 0 Å². The van der Waals surface area contributed by atoms with E-state index in [0.717, 1.165) is 9.75 Å². The Hall–Kier alpha value is -1.69. The van der Waals surface area contributed by atoms with E-state index in [1.165, 1.54) is 9.80 Å². The smallest absolute Gasteiger partial charge is 0.243 e. The van der Waals surface area contributed by atoms with Crippen molar-refractivity contribution in [1.82, 2.24) is 9.80 Å². The first kappa shape index (κ1) is 13.7. The van der Waals surface area contributed by atoms with Gasteiger partial charge in [-0.2, -0.15) is 0 Å². The lowest BCUT2D eigenvalue weighted by Gasteiger charge is -2.31. The lowest BCUT2D eigenvalue weighted by molar-refractivity contribution is -0.148. The average molecular weight is 280 g/mol. The highest BCUT2D eigenvalue weighted by atomic mass is 32.1. The highest BCUT2D eigenvalue weighted by molar-refractivity contribution is 7.12. The number of thiophene rings is 1. The van der Waals surface area contributed by atoms with Crippen molar-refractivity contribution in [3.63, 3.8) is 0 Å². The lowest BCUT2D eigenvalue weighted by Crippen LogP contribution is -2.53. The molecule has 0 saturated carbocycles. The van der Waals surface area contributed by atoms with Gasteiger partial charge in [0.15, 0.2) is 5.78 Å². The minimum atomic E-state index is -0.181. The number of nitrogens with zero attached hydrogens (tertiary/aromatic N) is 2. The van der Waals surface area contributed by atoms with Crippen LogP contribution >= 0.6 is 11.3 Å². The molecular weight excluding hydrogens is 264 g/mol. The van der Waals surface area contributed by atoms with Gasteiger partial charge in [0.1, 0.15) is 6.54 Å². The van der Waals surface area contributed by atoms with Crippen LogP contribution in [0.3, 0.4) is 0 Å². The highest BCUT2D eigenvalue weighted by Crippen LogP contribution is 2.21. The second kappa shape index (κ2) is 5.13. The van der Waals surface area contributed by atoms with Crippen LogP contribution in [0.2, 0.25) is 0 Å². The van der Waals surface area contributed by atoms with Crippen LogP contribution in [0, 0.1) is 13.8 Å². The standard InChI is InChI=1S/C13H16N2O3S/c1-8-4-10(9(2)19-8)11(16)5-15-7-12(17)14(3)6-13(15)18/h4H,5-7H2,1-3H3. The molecular formula is C13H16N2O3S. The normalized spacial score (nSPS) is 16.2. The predicted octanol–water partition coefficient (Wildman–Crippen LogP) is 0.848. The summed E-state index contributed by atoms with van der Waals surface area (Å²) in [6.07, 6.45) is 0. The van der Waals surface area contributed by atoms with Crippen LogP contribution in [0.15, 0.2) is 6.07 Å². The van der Waals surface area contributed by atoms with Crippen LogP contribution in [0.1, 0.15) is 20.1 Å². The minimum Gasteiger partial charge on any atom is -0.335 e. The summed E-state index contributed by atoms with van der Waals surface area (Å²) >= 11 is 1.56.